The molecule has 0 bridgehead atoms. The molecule has 1 aromatic carbocycles. The minimum Gasteiger partial charge on any atom is -0.393 e. The molecule has 7 nitrogen and oxygen atoms in total. The van der Waals surface area contributed by atoms with Gasteiger partial charge in [-0.1, -0.05) is 19.1 Å². The van der Waals surface area contributed by atoms with Crippen LogP contribution >= 0.6 is 0 Å². The van der Waals surface area contributed by atoms with E-state index in [9.17, 15) is 4.79 Å². The Morgan fingerprint density at radius 1 is 1.34 bits per heavy atom. The van der Waals surface area contributed by atoms with Gasteiger partial charge in [-0.3, -0.25) is 4.79 Å². The average Bonchev–Trinajstić information content (AvgIpc) is 2.66. The van der Waals surface area contributed by atoms with Crippen molar-refractivity contribution in [1.29, 1.82) is 5.41 Å². The summed E-state index contributed by atoms with van der Waals surface area (Å²) in [6, 6.07) is 7.84. The summed E-state index contributed by atoms with van der Waals surface area (Å²) in [6.45, 7) is 6.42. The molecule has 1 amide bonds. The molecule has 1 aromatic heterocycles. The quantitative estimate of drug-likeness (QED) is 0.628. The highest BCUT2D eigenvalue weighted by molar-refractivity contribution is 6.09. The number of benzene rings is 1. The summed E-state index contributed by atoms with van der Waals surface area (Å²) in [7, 11) is 1.81. The first-order valence-corrected chi connectivity index (χ1v) is 9.89. The van der Waals surface area contributed by atoms with Gasteiger partial charge in [-0.25, -0.2) is 4.98 Å². The van der Waals surface area contributed by atoms with E-state index in [0.717, 1.165) is 54.8 Å². The molecule has 0 atom stereocenters. The minimum absolute atomic E-state index is 0.00602. The third-order valence-corrected chi connectivity index (χ3v) is 5.60. The maximum absolute atomic E-state index is 12.6. The van der Waals surface area contributed by atoms with E-state index < -0.39 is 0 Å². The zero-order chi connectivity index (χ0) is 20.4. The highest BCUT2D eigenvalue weighted by Crippen LogP contribution is 2.31. The molecule has 2 fully saturated rings. The van der Waals surface area contributed by atoms with Crippen molar-refractivity contribution >= 4 is 34.3 Å². The molecule has 3 N–H and O–H groups in total. The van der Waals surface area contributed by atoms with Crippen LogP contribution < -0.4 is 10.6 Å². The summed E-state index contributed by atoms with van der Waals surface area (Å²) in [5.74, 6) is 0.590. The monoisotopic (exact) mass is 393 g/mol. The van der Waals surface area contributed by atoms with Gasteiger partial charge < -0.3 is 25.7 Å². The zero-order valence-corrected chi connectivity index (χ0v) is 16.9. The van der Waals surface area contributed by atoms with E-state index >= 15 is 0 Å². The zero-order valence-electron chi connectivity index (χ0n) is 16.9. The van der Waals surface area contributed by atoms with Gasteiger partial charge in [-0.2, -0.15) is 0 Å². The van der Waals surface area contributed by atoms with Crippen molar-refractivity contribution in [3.63, 3.8) is 0 Å². The Kier molecular flexibility index (Phi) is 5.34. The number of nitrogens with zero attached hydrogens (tertiary/aromatic N) is 2. The van der Waals surface area contributed by atoms with Crippen LogP contribution in [0.3, 0.4) is 0 Å². The number of anilines is 1. The second-order valence-electron chi connectivity index (χ2n) is 8.35. The van der Waals surface area contributed by atoms with Crippen molar-refractivity contribution in [1.82, 2.24) is 15.2 Å². The summed E-state index contributed by atoms with van der Waals surface area (Å²) >= 11 is 0. The second kappa shape index (κ2) is 7.93. The topological polar surface area (TPSA) is 90.3 Å². The number of aromatic nitrogens is 1. The second-order valence-corrected chi connectivity index (χ2v) is 8.35. The van der Waals surface area contributed by atoms with Crippen molar-refractivity contribution in [3.05, 3.63) is 42.2 Å². The number of hydrogen-bond donors (Lipinski definition) is 3. The summed E-state index contributed by atoms with van der Waals surface area (Å²) in [5, 5.41) is 15.5. The molecule has 2 aromatic rings. The van der Waals surface area contributed by atoms with Crippen LogP contribution in [0.25, 0.3) is 16.3 Å². The maximum atomic E-state index is 12.6. The number of carbonyl (C=O) groups is 1. The molecule has 0 spiro atoms. The Balaban J connectivity index is 1.41. The van der Waals surface area contributed by atoms with E-state index in [-0.39, 0.29) is 17.2 Å². The van der Waals surface area contributed by atoms with Gasteiger partial charge in [0.2, 0.25) is 5.91 Å². The van der Waals surface area contributed by atoms with Crippen LogP contribution in [0.4, 0.5) is 5.82 Å². The molecule has 2 aliphatic rings. The Morgan fingerprint density at radius 3 is 2.79 bits per heavy atom. The number of nitrogens with one attached hydrogen (secondary N) is 3. The van der Waals surface area contributed by atoms with Crippen LogP contribution in [-0.4, -0.2) is 61.9 Å². The number of allylic oxidation sites excluding steroid dienone is 1. The van der Waals surface area contributed by atoms with E-state index in [4.69, 9.17) is 10.1 Å². The standard InChI is InChI=1S/C22H27N5O2/c1-22(13-29-14-22)12-27-10-19(11-27)21(28)26-20-6-17-5-15(18(7-23)8-24-2)3-4-16(17)9-25-20/h3-9,19,23-24H,10-14H2,1-2H3,(H,25,26,28)/b18-8+,23-7?. The van der Waals surface area contributed by atoms with E-state index in [1.54, 1.807) is 12.4 Å². The van der Waals surface area contributed by atoms with Crippen molar-refractivity contribution in [2.45, 2.75) is 6.92 Å². The van der Waals surface area contributed by atoms with Crippen molar-refractivity contribution < 1.29 is 9.53 Å². The van der Waals surface area contributed by atoms with Crippen LogP contribution in [0, 0.1) is 16.7 Å². The molecular formula is C22H27N5O2. The fraction of sp³-hybridized carbons (Fsp3) is 0.409. The SMILES string of the molecule is CN/C=C(\C=N)c1ccc2cnc(NC(=O)C3CN(CC4(C)COC4)C3)cc2c1. The number of ether oxygens (including phenoxy) is 1. The van der Waals surface area contributed by atoms with Gasteiger partial charge in [0.1, 0.15) is 5.82 Å². The highest BCUT2D eigenvalue weighted by Gasteiger charge is 2.40. The Labute approximate surface area is 170 Å². The number of rotatable bonds is 7. The summed E-state index contributed by atoms with van der Waals surface area (Å²) in [6.07, 6.45) is 4.88. The van der Waals surface area contributed by atoms with Gasteiger partial charge in [0.05, 0.1) is 19.1 Å². The molecule has 0 unspecified atom stereocenters. The van der Waals surface area contributed by atoms with Crippen LogP contribution in [0.2, 0.25) is 0 Å². The lowest BCUT2D eigenvalue weighted by Crippen LogP contribution is -2.58. The van der Waals surface area contributed by atoms with E-state index in [2.05, 4.69) is 27.4 Å². The highest BCUT2D eigenvalue weighted by atomic mass is 16.5. The maximum Gasteiger partial charge on any atom is 0.231 e. The number of hydrogen-bond acceptors (Lipinski definition) is 6. The number of pyridine rings is 1. The lowest BCUT2D eigenvalue weighted by atomic mass is 9.85. The Hall–Kier alpha value is -2.77. The Bertz CT molecular complexity index is 961. The third kappa shape index (κ3) is 4.16. The van der Waals surface area contributed by atoms with Gasteiger partial charge in [-0.05, 0) is 23.1 Å². The fourth-order valence-corrected chi connectivity index (χ4v) is 3.93. The first-order valence-electron chi connectivity index (χ1n) is 9.89. The molecule has 0 aliphatic carbocycles. The molecule has 3 heterocycles. The molecule has 0 radical (unpaired) electrons. The van der Waals surface area contributed by atoms with E-state index in [1.165, 1.54) is 6.21 Å². The minimum atomic E-state index is 0.00602. The molecule has 4 rings (SSSR count). The lowest BCUT2D eigenvalue weighted by molar-refractivity contribution is -0.137. The third-order valence-electron chi connectivity index (χ3n) is 5.60. The smallest absolute Gasteiger partial charge is 0.231 e. The van der Waals surface area contributed by atoms with Gasteiger partial charge in [0, 0.05) is 61.7 Å². The molecule has 152 valence electrons. The van der Waals surface area contributed by atoms with Gasteiger partial charge in [-0.15, -0.1) is 0 Å². The molecular weight excluding hydrogens is 366 g/mol. The average molecular weight is 393 g/mol. The number of amides is 1. The summed E-state index contributed by atoms with van der Waals surface area (Å²) in [5.41, 5.74) is 1.97. The van der Waals surface area contributed by atoms with Crippen molar-refractivity contribution in [2.75, 3.05) is 45.2 Å². The summed E-state index contributed by atoms with van der Waals surface area (Å²) in [4.78, 5) is 19.3. The number of likely N-dealkylation sites (tertiary alicyclic amines) is 1. The first kappa shape index (κ1) is 19.5. The molecule has 7 heteroatoms. The van der Waals surface area contributed by atoms with E-state index in [0.29, 0.717) is 5.82 Å². The van der Waals surface area contributed by atoms with Crippen LogP contribution in [0.5, 0.6) is 0 Å². The predicted octanol–water partition coefficient (Wildman–Crippen LogP) is 2.35. The number of carbonyl (C=O) groups excluding carboxylic acids is 1. The molecule has 2 saturated heterocycles. The van der Waals surface area contributed by atoms with Crippen LogP contribution in [0.1, 0.15) is 12.5 Å². The normalized spacial score (nSPS) is 19.3. The largest absolute Gasteiger partial charge is 0.393 e. The summed E-state index contributed by atoms with van der Waals surface area (Å²) < 4.78 is 5.31. The molecule has 2 aliphatic heterocycles. The fourth-order valence-electron chi connectivity index (χ4n) is 3.93. The predicted molar refractivity (Wildman–Crippen MR) is 115 cm³/mol. The van der Waals surface area contributed by atoms with Crippen LogP contribution in [0.15, 0.2) is 36.7 Å². The molecule has 0 saturated carbocycles. The first-order chi connectivity index (χ1) is 14.0. The van der Waals surface area contributed by atoms with Gasteiger partial charge in [0.15, 0.2) is 0 Å². The van der Waals surface area contributed by atoms with Crippen LogP contribution in [-0.2, 0) is 9.53 Å². The van der Waals surface area contributed by atoms with Gasteiger partial charge in [0.25, 0.3) is 0 Å². The van der Waals surface area contributed by atoms with Crippen molar-refractivity contribution in [2.24, 2.45) is 11.3 Å². The van der Waals surface area contributed by atoms with E-state index in [1.807, 2.05) is 31.3 Å². The lowest BCUT2D eigenvalue weighted by Gasteiger charge is -2.47. The van der Waals surface area contributed by atoms with Crippen molar-refractivity contribution in [3.8, 4) is 0 Å². The van der Waals surface area contributed by atoms with Gasteiger partial charge >= 0.3 is 0 Å². The molecule has 29 heavy (non-hydrogen) atoms. The number of fused-ring (bicyclic) bond motifs is 1. The Morgan fingerprint density at radius 2 is 2.14 bits per heavy atom.